The number of hydrogen-bond acceptors (Lipinski definition) is 1. The Bertz CT molecular complexity index is 846. The predicted molar refractivity (Wildman–Crippen MR) is 104 cm³/mol. The number of aryl methyl sites for hydroxylation is 2. The van der Waals surface area contributed by atoms with Crippen LogP contribution in [0.15, 0.2) is 54.7 Å². The summed E-state index contributed by atoms with van der Waals surface area (Å²) in [6, 6.07) is 17.1. The molecule has 0 fully saturated rings. The second-order valence-electron chi connectivity index (χ2n) is 6.63. The summed E-state index contributed by atoms with van der Waals surface area (Å²) >= 11 is 0. The van der Waals surface area contributed by atoms with Crippen LogP contribution in [0.1, 0.15) is 36.5 Å². The fraction of sp³-hybridized carbons (Fsp3) is 0.318. The first kappa shape index (κ1) is 17.3. The van der Waals surface area contributed by atoms with Crippen LogP contribution in [0.2, 0.25) is 0 Å². The molecular formula is C22H26N2O. The van der Waals surface area contributed by atoms with Crippen molar-refractivity contribution in [3.63, 3.8) is 0 Å². The Morgan fingerprint density at radius 2 is 1.84 bits per heavy atom. The number of carbonyl (C=O) groups excluding carboxylic acids is 1. The monoisotopic (exact) mass is 334 g/mol. The van der Waals surface area contributed by atoms with Gasteiger partial charge in [-0.05, 0) is 37.0 Å². The third-order valence-corrected chi connectivity index (χ3v) is 4.54. The van der Waals surface area contributed by atoms with Gasteiger partial charge in [0.25, 0.3) is 0 Å². The van der Waals surface area contributed by atoms with Crippen molar-refractivity contribution < 1.29 is 4.79 Å². The number of nitrogens with one attached hydrogen (secondary N) is 1. The van der Waals surface area contributed by atoms with Crippen molar-refractivity contribution >= 4 is 16.8 Å². The highest BCUT2D eigenvalue weighted by Gasteiger charge is 2.10. The van der Waals surface area contributed by atoms with Crippen LogP contribution in [-0.2, 0) is 17.8 Å². The second kappa shape index (κ2) is 8.02. The molecular weight excluding hydrogens is 308 g/mol. The normalized spacial score (nSPS) is 11.0. The van der Waals surface area contributed by atoms with E-state index in [9.17, 15) is 4.79 Å². The van der Waals surface area contributed by atoms with E-state index in [2.05, 4.69) is 78.5 Å². The summed E-state index contributed by atoms with van der Waals surface area (Å²) in [6.45, 7) is 5.78. The summed E-state index contributed by atoms with van der Waals surface area (Å²) in [5.41, 5.74) is 5.04. The van der Waals surface area contributed by atoms with Crippen LogP contribution in [0.4, 0.5) is 0 Å². The lowest BCUT2D eigenvalue weighted by atomic mass is 10.1. The van der Waals surface area contributed by atoms with Crippen molar-refractivity contribution in [1.82, 2.24) is 9.88 Å². The van der Waals surface area contributed by atoms with E-state index in [0.29, 0.717) is 6.42 Å². The molecule has 1 heterocycles. The number of amides is 1. The molecule has 130 valence electrons. The Morgan fingerprint density at radius 1 is 1.08 bits per heavy atom. The van der Waals surface area contributed by atoms with E-state index in [-0.39, 0.29) is 5.91 Å². The summed E-state index contributed by atoms with van der Waals surface area (Å²) in [4.78, 5) is 11.9. The highest BCUT2D eigenvalue weighted by atomic mass is 16.1. The Labute approximate surface area is 149 Å². The van der Waals surface area contributed by atoms with Gasteiger partial charge < -0.3 is 9.88 Å². The summed E-state index contributed by atoms with van der Waals surface area (Å²) in [7, 11) is 0. The van der Waals surface area contributed by atoms with E-state index in [4.69, 9.17) is 0 Å². The van der Waals surface area contributed by atoms with Gasteiger partial charge in [-0.15, -0.1) is 0 Å². The summed E-state index contributed by atoms with van der Waals surface area (Å²) in [5.74, 6) is 0.136. The molecule has 0 saturated heterocycles. The van der Waals surface area contributed by atoms with Gasteiger partial charge in [-0.3, -0.25) is 4.79 Å². The molecule has 0 unspecified atom stereocenters. The number of para-hydroxylation sites is 1. The molecule has 0 atom stereocenters. The Morgan fingerprint density at radius 3 is 2.60 bits per heavy atom. The van der Waals surface area contributed by atoms with Gasteiger partial charge in [0, 0.05) is 36.6 Å². The fourth-order valence-electron chi connectivity index (χ4n) is 3.14. The predicted octanol–water partition coefficient (Wildman–Crippen LogP) is 4.46. The molecule has 25 heavy (non-hydrogen) atoms. The highest BCUT2D eigenvalue weighted by Crippen LogP contribution is 2.23. The molecule has 3 rings (SSSR count). The average Bonchev–Trinajstić information content (AvgIpc) is 2.98. The van der Waals surface area contributed by atoms with Crippen molar-refractivity contribution in [2.45, 2.75) is 39.7 Å². The lowest BCUT2D eigenvalue weighted by Crippen LogP contribution is -2.24. The topological polar surface area (TPSA) is 34.0 Å². The summed E-state index contributed by atoms with van der Waals surface area (Å²) in [6.07, 6.45) is 4.49. The smallest absolute Gasteiger partial charge is 0.220 e. The minimum Gasteiger partial charge on any atom is -0.356 e. The standard InChI is InChI=1S/C22H26N2O/c1-3-14-23-22(25)13-12-19-16-24(21-7-5-4-6-20(19)21)15-18-10-8-17(2)9-11-18/h4-11,16H,3,12-15H2,1-2H3,(H,23,25). The molecule has 0 saturated carbocycles. The van der Waals surface area contributed by atoms with Crippen molar-refractivity contribution in [3.8, 4) is 0 Å². The summed E-state index contributed by atoms with van der Waals surface area (Å²) in [5, 5.41) is 4.20. The zero-order valence-corrected chi connectivity index (χ0v) is 15.1. The molecule has 2 aromatic carbocycles. The Kier molecular flexibility index (Phi) is 5.54. The van der Waals surface area contributed by atoms with Crippen LogP contribution in [0.25, 0.3) is 10.9 Å². The van der Waals surface area contributed by atoms with Crippen LogP contribution in [-0.4, -0.2) is 17.0 Å². The number of nitrogens with zero attached hydrogens (tertiary/aromatic N) is 1. The minimum absolute atomic E-state index is 0.136. The average molecular weight is 334 g/mol. The molecule has 3 nitrogen and oxygen atoms in total. The molecule has 0 spiro atoms. The van der Waals surface area contributed by atoms with Crippen LogP contribution in [0.5, 0.6) is 0 Å². The molecule has 0 aliphatic rings. The van der Waals surface area contributed by atoms with Gasteiger partial charge in [0.15, 0.2) is 0 Å². The molecule has 0 aliphatic carbocycles. The molecule has 3 aromatic rings. The summed E-state index contributed by atoms with van der Waals surface area (Å²) < 4.78 is 2.29. The van der Waals surface area contributed by atoms with E-state index < -0.39 is 0 Å². The van der Waals surface area contributed by atoms with E-state index in [1.807, 2.05) is 0 Å². The number of rotatable bonds is 7. The number of hydrogen-bond donors (Lipinski definition) is 1. The largest absolute Gasteiger partial charge is 0.356 e. The third kappa shape index (κ3) is 4.30. The van der Waals surface area contributed by atoms with Gasteiger partial charge in [0.05, 0.1) is 0 Å². The van der Waals surface area contributed by atoms with Gasteiger partial charge in [-0.2, -0.15) is 0 Å². The van der Waals surface area contributed by atoms with Crippen molar-refractivity contribution in [3.05, 3.63) is 71.4 Å². The molecule has 0 radical (unpaired) electrons. The van der Waals surface area contributed by atoms with Crippen LogP contribution < -0.4 is 5.32 Å². The Hall–Kier alpha value is -2.55. The first-order valence-electron chi connectivity index (χ1n) is 9.06. The van der Waals surface area contributed by atoms with Gasteiger partial charge in [0.2, 0.25) is 5.91 Å². The molecule has 1 aromatic heterocycles. The quantitative estimate of drug-likeness (QED) is 0.680. The number of benzene rings is 2. The van der Waals surface area contributed by atoms with Crippen LogP contribution >= 0.6 is 0 Å². The number of carbonyl (C=O) groups is 1. The lowest BCUT2D eigenvalue weighted by Gasteiger charge is -2.06. The maximum atomic E-state index is 11.9. The first-order chi connectivity index (χ1) is 12.2. The van der Waals surface area contributed by atoms with E-state index in [1.165, 1.54) is 27.6 Å². The minimum atomic E-state index is 0.136. The zero-order valence-electron chi connectivity index (χ0n) is 15.1. The van der Waals surface area contributed by atoms with Gasteiger partial charge in [-0.25, -0.2) is 0 Å². The highest BCUT2D eigenvalue weighted by molar-refractivity contribution is 5.85. The van der Waals surface area contributed by atoms with E-state index in [1.54, 1.807) is 0 Å². The maximum absolute atomic E-state index is 11.9. The molecule has 0 bridgehead atoms. The first-order valence-corrected chi connectivity index (χ1v) is 9.06. The van der Waals surface area contributed by atoms with E-state index in [0.717, 1.165) is 25.9 Å². The number of aromatic nitrogens is 1. The fourth-order valence-corrected chi connectivity index (χ4v) is 3.14. The Balaban J connectivity index is 1.80. The second-order valence-corrected chi connectivity index (χ2v) is 6.63. The van der Waals surface area contributed by atoms with E-state index >= 15 is 0 Å². The molecule has 0 aliphatic heterocycles. The molecule has 1 amide bonds. The SMILES string of the molecule is CCCNC(=O)CCc1cn(Cc2ccc(C)cc2)c2ccccc12. The van der Waals surface area contributed by atoms with Gasteiger partial charge >= 0.3 is 0 Å². The van der Waals surface area contributed by atoms with Crippen molar-refractivity contribution in [1.29, 1.82) is 0 Å². The lowest BCUT2D eigenvalue weighted by molar-refractivity contribution is -0.121. The third-order valence-electron chi connectivity index (χ3n) is 4.54. The van der Waals surface area contributed by atoms with Gasteiger partial charge in [0.1, 0.15) is 0 Å². The van der Waals surface area contributed by atoms with Crippen LogP contribution in [0.3, 0.4) is 0 Å². The van der Waals surface area contributed by atoms with Gasteiger partial charge in [-0.1, -0.05) is 55.0 Å². The van der Waals surface area contributed by atoms with Crippen molar-refractivity contribution in [2.24, 2.45) is 0 Å². The van der Waals surface area contributed by atoms with Crippen molar-refractivity contribution in [2.75, 3.05) is 6.54 Å². The number of fused-ring (bicyclic) bond motifs is 1. The maximum Gasteiger partial charge on any atom is 0.220 e. The molecule has 3 heteroatoms. The van der Waals surface area contributed by atoms with Crippen LogP contribution in [0, 0.1) is 6.92 Å². The molecule has 1 N–H and O–H groups in total. The zero-order chi connectivity index (χ0) is 17.6.